The van der Waals surface area contributed by atoms with Crippen molar-refractivity contribution in [1.82, 2.24) is 9.88 Å². The van der Waals surface area contributed by atoms with Crippen molar-refractivity contribution in [3.05, 3.63) is 42.5 Å². The van der Waals surface area contributed by atoms with E-state index in [-0.39, 0.29) is 42.2 Å². The van der Waals surface area contributed by atoms with E-state index >= 15 is 0 Å². The maximum Gasteiger partial charge on any atom is 0.231 e. The molecule has 0 fully saturated rings. The number of nitrogens with zero attached hydrogens (tertiary/aromatic N) is 3. The summed E-state index contributed by atoms with van der Waals surface area (Å²) in [4.78, 5) is 21.4. The summed E-state index contributed by atoms with van der Waals surface area (Å²) in [6.07, 6.45) is -0.122. The lowest BCUT2D eigenvalue weighted by Crippen LogP contribution is -2.37. The number of ether oxygens (including phenoxy) is 2. The number of aromatic nitrogens is 1. The standard InChI is InChI=1S/C21H23N3O5S2.ClH/c1-23(2)9-10-24(20(25)8-11-31(26,27)15-6-4-3-5-7-15)21-22-16-12-17-18(29-14-28-17)13-19(16)30-21;/h3-7,12-13H,8-11,14H2,1-2H3;1H. The number of fused-ring (bicyclic) bond motifs is 2. The van der Waals surface area contributed by atoms with Crippen LogP contribution in [0.2, 0.25) is 0 Å². The fourth-order valence-electron chi connectivity index (χ4n) is 3.15. The Morgan fingerprint density at radius 2 is 1.78 bits per heavy atom. The molecule has 0 aliphatic carbocycles. The lowest BCUT2D eigenvalue weighted by Gasteiger charge is -2.22. The normalized spacial score (nSPS) is 12.7. The van der Waals surface area contributed by atoms with Crippen molar-refractivity contribution in [2.75, 3.05) is 44.6 Å². The molecule has 1 aliphatic heterocycles. The van der Waals surface area contributed by atoms with Crippen LogP contribution in [0.25, 0.3) is 10.2 Å². The average Bonchev–Trinajstić information content (AvgIpc) is 3.36. The highest BCUT2D eigenvalue weighted by Crippen LogP contribution is 2.39. The van der Waals surface area contributed by atoms with Gasteiger partial charge in [-0.25, -0.2) is 13.4 Å². The second-order valence-electron chi connectivity index (χ2n) is 7.40. The molecular formula is C21H24ClN3O5S2. The lowest BCUT2D eigenvalue weighted by molar-refractivity contribution is -0.118. The quantitative estimate of drug-likeness (QED) is 0.472. The fourth-order valence-corrected chi connectivity index (χ4v) is 5.42. The molecule has 32 heavy (non-hydrogen) atoms. The number of halogens is 1. The lowest BCUT2D eigenvalue weighted by atomic mass is 10.3. The third-order valence-corrected chi connectivity index (χ3v) is 7.63. The number of carbonyl (C=O) groups is 1. The van der Waals surface area contributed by atoms with E-state index in [1.807, 2.05) is 25.1 Å². The van der Waals surface area contributed by atoms with Crippen LogP contribution in [0.1, 0.15) is 6.42 Å². The molecule has 0 unspecified atom stereocenters. The summed E-state index contributed by atoms with van der Waals surface area (Å²) in [5.41, 5.74) is 0.712. The van der Waals surface area contributed by atoms with Gasteiger partial charge in [-0.3, -0.25) is 9.69 Å². The van der Waals surface area contributed by atoms with Crippen molar-refractivity contribution < 1.29 is 22.7 Å². The van der Waals surface area contributed by atoms with E-state index in [9.17, 15) is 13.2 Å². The topological polar surface area (TPSA) is 89.0 Å². The van der Waals surface area contributed by atoms with Crippen molar-refractivity contribution in [3.63, 3.8) is 0 Å². The van der Waals surface area contributed by atoms with Crippen molar-refractivity contribution in [3.8, 4) is 11.5 Å². The summed E-state index contributed by atoms with van der Waals surface area (Å²) < 4.78 is 36.9. The van der Waals surface area contributed by atoms with Crippen molar-refractivity contribution in [1.29, 1.82) is 0 Å². The number of thiazole rings is 1. The van der Waals surface area contributed by atoms with E-state index in [1.165, 1.54) is 11.3 Å². The molecule has 0 atom stereocenters. The molecular weight excluding hydrogens is 474 g/mol. The molecule has 0 radical (unpaired) electrons. The molecule has 4 rings (SSSR count). The Balaban J connectivity index is 0.00000289. The molecule has 8 nitrogen and oxygen atoms in total. The van der Waals surface area contributed by atoms with Crippen LogP contribution >= 0.6 is 23.7 Å². The predicted molar refractivity (Wildman–Crippen MR) is 127 cm³/mol. The van der Waals surface area contributed by atoms with Crippen LogP contribution in [0.5, 0.6) is 11.5 Å². The van der Waals surface area contributed by atoms with Crippen LogP contribution in [0.15, 0.2) is 47.4 Å². The largest absolute Gasteiger partial charge is 0.454 e. The molecule has 2 aromatic carbocycles. The zero-order valence-electron chi connectivity index (χ0n) is 17.7. The molecule has 2 heterocycles. The summed E-state index contributed by atoms with van der Waals surface area (Å²) in [5.74, 6) is 0.752. The molecule has 1 aromatic heterocycles. The first kappa shape index (κ1) is 24.2. The fraction of sp³-hybridized carbons (Fsp3) is 0.333. The number of rotatable bonds is 8. The Morgan fingerprint density at radius 1 is 1.09 bits per heavy atom. The van der Waals surface area contributed by atoms with Crippen LogP contribution in [0.3, 0.4) is 0 Å². The number of carbonyl (C=O) groups excluding carboxylic acids is 1. The number of anilines is 1. The van der Waals surface area contributed by atoms with Gasteiger partial charge in [-0.2, -0.15) is 0 Å². The van der Waals surface area contributed by atoms with Crippen molar-refractivity contribution >= 4 is 54.8 Å². The highest BCUT2D eigenvalue weighted by atomic mass is 35.5. The molecule has 172 valence electrons. The summed E-state index contributed by atoms with van der Waals surface area (Å²) in [6.45, 7) is 1.21. The van der Waals surface area contributed by atoms with Gasteiger partial charge in [-0.15, -0.1) is 12.4 Å². The first-order valence-electron chi connectivity index (χ1n) is 9.76. The molecule has 0 bridgehead atoms. The second-order valence-corrected chi connectivity index (χ2v) is 10.5. The Labute approximate surface area is 197 Å². The van der Waals surface area contributed by atoms with Crippen LogP contribution in [-0.4, -0.2) is 63.9 Å². The Hall–Kier alpha value is -2.40. The van der Waals surface area contributed by atoms with Gasteiger partial charge in [0.2, 0.25) is 12.7 Å². The molecule has 3 aromatic rings. The molecule has 0 spiro atoms. The maximum atomic E-state index is 13.1. The van der Waals surface area contributed by atoms with E-state index in [4.69, 9.17) is 9.47 Å². The van der Waals surface area contributed by atoms with E-state index in [0.717, 1.165) is 4.70 Å². The molecule has 1 aliphatic rings. The minimum Gasteiger partial charge on any atom is -0.454 e. The van der Waals surface area contributed by atoms with Crippen LogP contribution in [0.4, 0.5) is 5.13 Å². The minimum atomic E-state index is -3.54. The summed E-state index contributed by atoms with van der Waals surface area (Å²) in [5, 5.41) is 0.530. The predicted octanol–water partition coefficient (Wildman–Crippen LogP) is 3.21. The van der Waals surface area contributed by atoms with Gasteiger partial charge in [-0.05, 0) is 26.2 Å². The zero-order valence-corrected chi connectivity index (χ0v) is 20.1. The zero-order chi connectivity index (χ0) is 22.0. The first-order valence-corrected chi connectivity index (χ1v) is 12.2. The van der Waals surface area contributed by atoms with Gasteiger partial charge in [0, 0.05) is 31.6 Å². The first-order chi connectivity index (χ1) is 14.8. The van der Waals surface area contributed by atoms with Crippen LogP contribution < -0.4 is 14.4 Å². The summed E-state index contributed by atoms with van der Waals surface area (Å²) in [6, 6.07) is 11.8. The molecule has 0 saturated carbocycles. The summed E-state index contributed by atoms with van der Waals surface area (Å²) in [7, 11) is 0.292. The SMILES string of the molecule is CN(C)CCN(C(=O)CCS(=O)(=O)c1ccccc1)c1nc2cc3c(cc2s1)OCO3.Cl. The highest BCUT2D eigenvalue weighted by molar-refractivity contribution is 7.91. The molecule has 11 heteroatoms. The van der Waals surface area contributed by atoms with E-state index in [1.54, 1.807) is 41.3 Å². The van der Waals surface area contributed by atoms with Crippen molar-refractivity contribution in [2.24, 2.45) is 0 Å². The number of amides is 1. The Morgan fingerprint density at radius 3 is 2.47 bits per heavy atom. The average molecular weight is 498 g/mol. The highest BCUT2D eigenvalue weighted by Gasteiger charge is 2.24. The van der Waals surface area contributed by atoms with Gasteiger partial charge in [0.15, 0.2) is 26.5 Å². The Bertz CT molecular complexity index is 1160. The van der Waals surface area contributed by atoms with Gasteiger partial charge in [-0.1, -0.05) is 29.5 Å². The number of hydrogen-bond donors (Lipinski definition) is 0. The van der Waals surface area contributed by atoms with Crippen LogP contribution in [-0.2, 0) is 14.6 Å². The summed E-state index contributed by atoms with van der Waals surface area (Å²) >= 11 is 1.37. The number of likely N-dealkylation sites (N-methyl/N-ethyl adjacent to an activating group) is 1. The third kappa shape index (κ3) is 5.32. The van der Waals surface area contributed by atoms with E-state index in [2.05, 4.69) is 4.98 Å². The monoisotopic (exact) mass is 497 g/mol. The smallest absolute Gasteiger partial charge is 0.231 e. The molecule has 0 saturated heterocycles. The van der Waals surface area contributed by atoms with Crippen LogP contribution in [0, 0.1) is 0 Å². The Kier molecular flexibility index (Phi) is 7.60. The van der Waals surface area contributed by atoms with E-state index in [0.29, 0.717) is 35.2 Å². The van der Waals surface area contributed by atoms with E-state index < -0.39 is 9.84 Å². The second kappa shape index (κ2) is 10.0. The van der Waals surface area contributed by atoms with Crippen molar-refractivity contribution in [2.45, 2.75) is 11.3 Å². The molecule has 1 amide bonds. The third-order valence-electron chi connectivity index (χ3n) is 4.86. The van der Waals surface area contributed by atoms with Gasteiger partial charge in [0.25, 0.3) is 0 Å². The van der Waals surface area contributed by atoms with Gasteiger partial charge >= 0.3 is 0 Å². The van der Waals surface area contributed by atoms with Gasteiger partial charge in [0.05, 0.1) is 20.9 Å². The van der Waals surface area contributed by atoms with Gasteiger partial charge in [0.1, 0.15) is 0 Å². The number of benzene rings is 2. The van der Waals surface area contributed by atoms with Gasteiger partial charge < -0.3 is 14.4 Å². The maximum absolute atomic E-state index is 13.1. The molecule has 0 N–H and O–H groups in total. The minimum absolute atomic E-state index is 0. The number of hydrogen-bond acceptors (Lipinski definition) is 8. The number of sulfone groups is 1.